The van der Waals surface area contributed by atoms with Gasteiger partial charge in [-0.15, -0.1) is 0 Å². The van der Waals surface area contributed by atoms with E-state index in [4.69, 9.17) is 9.26 Å². The standard InChI is InChI=1S/C20H20F2N4O4S/c1-29-16-7-9-17(10-8-16)31(27,28)26-13-11-25(12-14-26)19-23-18(24-30-19)20(21,22)15-5-3-2-4-6-15/h2-10H,11-14H2,1H3. The van der Waals surface area contributed by atoms with E-state index in [1.807, 2.05) is 0 Å². The van der Waals surface area contributed by atoms with E-state index < -0.39 is 21.8 Å². The molecule has 8 nitrogen and oxygen atoms in total. The molecule has 4 rings (SSSR count). The van der Waals surface area contributed by atoms with Gasteiger partial charge in [0.05, 0.1) is 12.0 Å². The van der Waals surface area contributed by atoms with Gasteiger partial charge in [-0.3, -0.25) is 0 Å². The van der Waals surface area contributed by atoms with Gasteiger partial charge in [0.15, 0.2) is 0 Å². The number of rotatable bonds is 6. The minimum absolute atomic E-state index is 0.0629. The van der Waals surface area contributed by atoms with Gasteiger partial charge in [-0.1, -0.05) is 35.5 Å². The Morgan fingerprint density at radius 3 is 2.26 bits per heavy atom. The Kier molecular flexibility index (Phi) is 5.63. The number of methoxy groups -OCH3 is 1. The highest BCUT2D eigenvalue weighted by molar-refractivity contribution is 7.89. The Balaban J connectivity index is 1.44. The molecule has 1 aromatic heterocycles. The molecule has 0 radical (unpaired) electrons. The topological polar surface area (TPSA) is 88.8 Å². The number of alkyl halides is 2. The van der Waals surface area contributed by atoms with Crippen molar-refractivity contribution in [3.05, 3.63) is 66.0 Å². The molecule has 11 heteroatoms. The van der Waals surface area contributed by atoms with Crippen molar-refractivity contribution in [3.8, 4) is 5.75 Å². The molecule has 2 aromatic carbocycles. The number of ether oxygens (including phenoxy) is 1. The van der Waals surface area contributed by atoms with Crippen LogP contribution in [-0.4, -0.2) is 56.2 Å². The lowest BCUT2D eigenvalue weighted by atomic mass is 10.1. The average Bonchev–Trinajstić information content (AvgIpc) is 3.31. The van der Waals surface area contributed by atoms with E-state index in [-0.39, 0.29) is 42.7 Å². The fourth-order valence-electron chi connectivity index (χ4n) is 3.26. The van der Waals surface area contributed by atoms with E-state index in [1.54, 1.807) is 23.1 Å². The van der Waals surface area contributed by atoms with Gasteiger partial charge in [-0.25, -0.2) is 8.42 Å². The molecule has 0 aliphatic carbocycles. The van der Waals surface area contributed by atoms with Crippen LogP contribution < -0.4 is 9.64 Å². The largest absolute Gasteiger partial charge is 0.497 e. The lowest BCUT2D eigenvalue weighted by Crippen LogP contribution is -2.48. The van der Waals surface area contributed by atoms with Crippen molar-refractivity contribution in [3.63, 3.8) is 0 Å². The first-order valence-corrected chi connectivity index (χ1v) is 10.9. The summed E-state index contributed by atoms with van der Waals surface area (Å²) in [6.45, 7) is 0.768. The molecule has 0 bridgehead atoms. The summed E-state index contributed by atoms with van der Waals surface area (Å²) in [6.07, 6.45) is 0. The molecule has 2 heterocycles. The Labute approximate surface area is 178 Å². The zero-order chi connectivity index (χ0) is 22.1. The van der Waals surface area contributed by atoms with Crippen LogP contribution in [0.1, 0.15) is 11.4 Å². The highest BCUT2D eigenvalue weighted by Crippen LogP contribution is 2.34. The summed E-state index contributed by atoms with van der Waals surface area (Å²) < 4.78 is 66.4. The Bertz CT molecular complexity index is 1130. The third-order valence-electron chi connectivity index (χ3n) is 5.04. The molecule has 1 aliphatic rings. The van der Waals surface area contributed by atoms with Crippen LogP contribution in [0.5, 0.6) is 5.75 Å². The number of benzene rings is 2. The predicted octanol–water partition coefficient (Wildman–Crippen LogP) is 2.73. The molecular weight excluding hydrogens is 430 g/mol. The van der Waals surface area contributed by atoms with Gasteiger partial charge in [-0.05, 0) is 24.3 Å². The second kappa shape index (κ2) is 8.23. The van der Waals surface area contributed by atoms with Gasteiger partial charge >= 0.3 is 11.9 Å². The first-order chi connectivity index (χ1) is 14.8. The molecule has 0 atom stereocenters. The molecule has 0 unspecified atom stereocenters. The second-order valence-corrected chi connectivity index (χ2v) is 8.85. The van der Waals surface area contributed by atoms with Crippen LogP contribution in [0.2, 0.25) is 0 Å². The SMILES string of the molecule is COc1ccc(S(=O)(=O)N2CCN(c3nc(C(F)(F)c4ccccc4)no3)CC2)cc1. The fourth-order valence-corrected chi connectivity index (χ4v) is 4.69. The first-order valence-electron chi connectivity index (χ1n) is 9.49. The summed E-state index contributed by atoms with van der Waals surface area (Å²) in [7, 11) is -2.18. The lowest BCUT2D eigenvalue weighted by molar-refractivity contribution is 0.0304. The zero-order valence-corrected chi connectivity index (χ0v) is 17.4. The maximum absolute atomic E-state index is 14.6. The van der Waals surface area contributed by atoms with Crippen molar-refractivity contribution in [2.75, 3.05) is 38.2 Å². The Morgan fingerprint density at radius 1 is 1.00 bits per heavy atom. The van der Waals surface area contributed by atoms with Crippen LogP contribution in [0.3, 0.4) is 0 Å². The molecule has 0 amide bonds. The van der Waals surface area contributed by atoms with Crippen molar-refractivity contribution >= 4 is 16.0 Å². The molecule has 31 heavy (non-hydrogen) atoms. The van der Waals surface area contributed by atoms with Gasteiger partial charge < -0.3 is 14.2 Å². The van der Waals surface area contributed by atoms with Crippen LogP contribution in [0.15, 0.2) is 64.0 Å². The zero-order valence-electron chi connectivity index (χ0n) is 16.6. The van der Waals surface area contributed by atoms with E-state index >= 15 is 0 Å². The normalized spacial score (nSPS) is 15.8. The summed E-state index contributed by atoms with van der Waals surface area (Å²) in [5, 5.41) is 3.45. The van der Waals surface area contributed by atoms with Crippen molar-refractivity contribution in [1.82, 2.24) is 14.4 Å². The minimum atomic E-state index is -3.68. The van der Waals surface area contributed by atoms with Crippen LogP contribution in [0.4, 0.5) is 14.8 Å². The summed E-state index contributed by atoms with van der Waals surface area (Å²) in [4.78, 5) is 5.61. The third kappa shape index (κ3) is 4.10. The van der Waals surface area contributed by atoms with Crippen molar-refractivity contribution in [1.29, 1.82) is 0 Å². The van der Waals surface area contributed by atoms with Gasteiger partial charge in [-0.2, -0.15) is 18.1 Å². The summed E-state index contributed by atoms with van der Waals surface area (Å²) in [6, 6.07) is 13.3. The molecule has 0 saturated carbocycles. The molecule has 1 saturated heterocycles. The third-order valence-corrected chi connectivity index (χ3v) is 6.95. The first kappa shape index (κ1) is 21.2. The van der Waals surface area contributed by atoms with Crippen molar-refractivity contribution in [2.24, 2.45) is 0 Å². The lowest BCUT2D eigenvalue weighted by Gasteiger charge is -2.32. The smallest absolute Gasteiger partial charge is 0.335 e. The summed E-state index contributed by atoms with van der Waals surface area (Å²) in [5.41, 5.74) is -0.238. The van der Waals surface area contributed by atoms with Gasteiger partial charge in [0.2, 0.25) is 15.8 Å². The second-order valence-electron chi connectivity index (χ2n) is 6.91. The fraction of sp³-hybridized carbons (Fsp3) is 0.300. The number of halogens is 2. The number of anilines is 1. The maximum atomic E-state index is 14.6. The quantitative estimate of drug-likeness (QED) is 0.571. The van der Waals surface area contributed by atoms with E-state index in [0.29, 0.717) is 5.75 Å². The molecule has 0 N–H and O–H groups in total. The Morgan fingerprint density at radius 2 is 1.65 bits per heavy atom. The Hall–Kier alpha value is -3.05. The van der Waals surface area contributed by atoms with Crippen LogP contribution >= 0.6 is 0 Å². The van der Waals surface area contributed by atoms with E-state index in [2.05, 4.69) is 10.1 Å². The maximum Gasteiger partial charge on any atom is 0.335 e. The molecule has 0 spiro atoms. The van der Waals surface area contributed by atoms with Crippen molar-refractivity contribution < 1.29 is 26.5 Å². The number of hydrogen-bond donors (Lipinski definition) is 0. The van der Waals surface area contributed by atoms with Crippen molar-refractivity contribution in [2.45, 2.75) is 10.8 Å². The molecule has 1 fully saturated rings. The number of aromatic nitrogens is 2. The highest BCUT2D eigenvalue weighted by Gasteiger charge is 2.40. The number of hydrogen-bond acceptors (Lipinski definition) is 7. The number of sulfonamides is 1. The molecule has 1 aliphatic heterocycles. The van der Waals surface area contributed by atoms with Crippen LogP contribution in [0, 0.1) is 0 Å². The molecule has 3 aromatic rings. The molecule has 164 valence electrons. The predicted molar refractivity (Wildman–Crippen MR) is 108 cm³/mol. The van der Waals surface area contributed by atoms with Crippen LogP contribution in [0.25, 0.3) is 0 Å². The minimum Gasteiger partial charge on any atom is -0.497 e. The monoisotopic (exact) mass is 450 g/mol. The molecular formula is C20H20F2N4O4S. The van der Waals surface area contributed by atoms with Crippen LogP contribution in [-0.2, 0) is 15.9 Å². The highest BCUT2D eigenvalue weighted by atomic mass is 32.2. The van der Waals surface area contributed by atoms with Gasteiger partial charge in [0.1, 0.15) is 5.75 Å². The van der Waals surface area contributed by atoms with E-state index in [1.165, 1.54) is 47.8 Å². The summed E-state index contributed by atoms with van der Waals surface area (Å²) >= 11 is 0. The van der Waals surface area contributed by atoms with E-state index in [0.717, 1.165) is 0 Å². The number of piperazine rings is 1. The number of nitrogens with zero attached hydrogens (tertiary/aromatic N) is 4. The van der Waals surface area contributed by atoms with Gasteiger partial charge in [0, 0.05) is 31.7 Å². The van der Waals surface area contributed by atoms with E-state index in [9.17, 15) is 17.2 Å². The van der Waals surface area contributed by atoms with Gasteiger partial charge in [0.25, 0.3) is 0 Å². The summed E-state index contributed by atoms with van der Waals surface area (Å²) in [5.74, 6) is -3.58. The average molecular weight is 450 g/mol.